The van der Waals surface area contributed by atoms with Crippen LogP contribution in [-0.4, -0.2) is 21.1 Å². The Balaban J connectivity index is 2.17. The third kappa shape index (κ3) is 1.38. The maximum absolute atomic E-state index is 4.61. The van der Waals surface area contributed by atoms with Gasteiger partial charge in [0.05, 0.1) is 5.69 Å². The fraction of sp³-hybridized carbons (Fsp3) is 0.636. The first kappa shape index (κ1) is 10.2. The number of nitrogens with zero attached hydrogens (tertiary/aromatic N) is 3. The number of nitrogens with one attached hydrogen (secondary N) is 1. The van der Waals surface area contributed by atoms with E-state index >= 15 is 0 Å². The lowest BCUT2D eigenvalue weighted by molar-refractivity contribution is 0.536. The Morgan fingerprint density at radius 3 is 3.06 bits per heavy atom. The Kier molecular flexibility index (Phi) is 2.26. The van der Waals surface area contributed by atoms with E-state index < -0.39 is 0 Å². The second-order valence-electron chi connectivity index (χ2n) is 4.66. The minimum absolute atomic E-state index is 0.405. The molecule has 0 fully saturated rings. The molecule has 86 valence electrons. The molecular weight excluding hydrogens is 220 g/mol. The van der Waals surface area contributed by atoms with E-state index in [0.717, 1.165) is 23.8 Å². The van der Waals surface area contributed by atoms with Crippen LogP contribution < -0.4 is 5.32 Å². The Hall–Kier alpha value is -0.940. The SMILES string of the molecule is CC(C)c1nc2sc3c(n2n1)CCNC3C. The first-order chi connectivity index (χ1) is 7.66. The molecule has 1 unspecified atom stereocenters. The second-order valence-corrected chi connectivity index (χ2v) is 5.67. The van der Waals surface area contributed by atoms with E-state index in [1.807, 2.05) is 4.52 Å². The van der Waals surface area contributed by atoms with Crippen molar-refractivity contribution in [2.45, 2.75) is 39.2 Å². The highest BCUT2D eigenvalue weighted by Crippen LogP contribution is 2.31. The van der Waals surface area contributed by atoms with Gasteiger partial charge in [-0.25, -0.2) is 9.50 Å². The van der Waals surface area contributed by atoms with Crippen molar-refractivity contribution in [1.29, 1.82) is 0 Å². The largest absolute Gasteiger partial charge is 0.309 e. The van der Waals surface area contributed by atoms with Crippen LogP contribution in [0.5, 0.6) is 0 Å². The van der Waals surface area contributed by atoms with Crippen LogP contribution in [-0.2, 0) is 6.42 Å². The lowest BCUT2D eigenvalue weighted by atomic mass is 10.1. The number of aromatic nitrogens is 3. The molecule has 1 aliphatic rings. The van der Waals surface area contributed by atoms with Gasteiger partial charge < -0.3 is 5.32 Å². The Bertz CT molecular complexity index is 525. The van der Waals surface area contributed by atoms with E-state index in [2.05, 4.69) is 36.2 Å². The van der Waals surface area contributed by atoms with Crippen molar-refractivity contribution in [3.8, 4) is 0 Å². The van der Waals surface area contributed by atoms with Gasteiger partial charge in [-0.1, -0.05) is 25.2 Å². The molecule has 0 radical (unpaired) electrons. The van der Waals surface area contributed by atoms with Crippen LogP contribution in [0.1, 0.15) is 49.1 Å². The predicted octanol–water partition coefficient (Wildman–Crippen LogP) is 2.12. The zero-order chi connectivity index (χ0) is 11.3. The molecule has 1 N–H and O–H groups in total. The Morgan fingerprint density at radius 1 is 1.50 bits per heavy atom. The number of fused-ring (bicyclic) bond motifs is 3. The molecule has 5 heteroatoms. The average Bonchev–Trinajstić information content (AvgIpc) is 2.76. The average molecular weight is 236 g/mol. The van der Waals surface area contributed by atoms with E-state index in [4.69, 9.17) is 0 Å². The van der Waals surface area contributed by atoms with Gasteiger partial charge in [0, 0.05) is 29.8 Å². The molecule has 16 heavy (non-hydrogen) atoms. The normalized spacial score (nSPS) is 20.6. The summed E-state index contributed by atoms with van der Waals surface area (Å²) >= 11 is 1.77. The fourth-order valence-corrected chi connectivity index (χ4v) is 3.27. The van der Waals surface area contributed by atoms with Crippen LogP contribution in [0.4, 0.5) is 0 Å². The highest BCUT2D eigenvalue weighted by Gasteiger charge is 2.23. The molecule has 0 saturated heterocycles. The summed E-state index contributed by atoms with van der Waals surface area (Å²) in [5.74, 6) is 1.36. The van der Waals surface area contributed by atoms with Crippen LogP contribution in [0.3, 0.4) is 0 Å². The van der Waals surface area contributed by atoms with Gasteiger partial charge in [-0.15, -0.1) is 0 Å². The monoisotopic (exact) mass is 236 g/mol. The van der Waals surface area contributed by atoms with Gasteiger partial charge in [-0.2, -0.15) is 5.10 Å². The first-order valence-corrected chi connectivity index (χ1v) is 6.60. The summed E-state index contributed by atoms with van der Waals surface area (Å²) < 4.78 is 2.05. The van der Waals surface area contributed by atoms with Crippen LogP contribution in [0.25, 0.3) is 4.96 Å². The Morgan fingerprint density at radius 2 is 2.31 bits per heavy atom. The van der Waals surface area contributed by atoms with Crippen molar-refractivity contribution in [2.75, 3.05) is 6.54 Å². The smallest absolute Gasteiger partial charge is 0.212 e. The molecule has 3 heterocycles. The van der Waals surface area contributed by atoms with Crippen molar-refractivity contribution in [2.24, 2.45) is 0 Å². The summed E-state index contributed by atoms with van der Waals surface area (Å²) in [6, 6.07) is 0.444. The summed E-state index contributed by atoms with van der Waals surface area (Å²) in [5, 5.41) is 8.08. The van der Waals surface area contributed by atoms with Gasteiger partial charge in [0.1, 0.15) is 0 Å². The highest BCUT2D eigenvalue weighted by atomic mass is 32.1. The third-order valence-electron chi connectivity index (χ3n) is 3.06. The van der Waals surface area contributed by atoms with Crippen LogP contribution in [0, 0.1) is 0 Å². The highest BCUT2D eigenvalue weighted by molar-refractivity contribution is 7.17. The quantitative estimate of drug-likeness (QED) is 0.824. The molecule has 4 nitrogen and oxygen atoms in total. The lowest BCUT2D eigenvalue weighted by Crippen LogP contribution is -2.27. The molecule has 0 saturated carbocycles. The van der Waals surface area contributed by atoms with Gasteiger partial charge in [0.2, 0.25) is 4.96 Å². The van der Waals surface area contributed by atoms with Crippen LogP contribution >= 0.6 is 11.3 Å². The standard InChI is InChI=1S/C11H16N4S/c1-6(2)10-13-11-15(14-10)8-4-5-12-7(3)9(8)16-11/h6-7,12H,4-5H2,1-3H3. The van der Waals surface area contributed by atoms with Crippen molar-refractivity contribution >= 4 is 16.3 Å². The number of hydrogen-bond acceptors (Lipinski definition) is 4. The molecule has 0 amide bonds. The van der Waals surface area contributed by atoms with Gasteiger partial charge in [0.25, 0.3) is 0 Å². The molecule has 1 atom stereocenters. The zero-order valence-corrected chi connectivity index (χ0v) is 10.6. The van der Waals surface area contributed by atoms with Crippen molar-refractivity contribution in [3.63, 3.8) is 0 Å². The molecule has 3 rings (SSSR count). The van der Waals surface area contributed by atoms with Crippen molar-refractivity contribution in [3.05, 3.63) is 16.4 Å². The minimum Gasteiger partial charge on any atom is -0.309 e. The number of hydrogen-bond donors (Lipinski definition) is 1. The zero-order valence-electron chi connectivity index (χ0n) is 9.82. The first-order valence-electron chi connectivity index (χ1n) is 5.78. The molecule has 0 bridgehead atoms. The maximum atomic E-state index is 4.61. The molecular formula is C11H16N4S. The second kappa shape index (κ2) is 3.53. The third-order valence-corrected chi connectivity index (χ3v) is 4.31. The van der Waals surface area contributed by atoms with Crippen LogP contribution in [0.15, 0.2) is 0 Å². The van der Waals surface area contributed by atoms with E-state index in [1.54, 1.807) is 11.3 Å². The molecule has 2 aromatic heterocycles. The van der Waals surface area contributed by atoms with Crippen molar-refractivity contribution < 1.29 is 0 Å². The fourth-order valence-electron chi connectivity index (χ4n) is 2.13. The maximum Gasteiger partial charge on any atom is 0.212 e. The van der Waals surface area contributed by atoms with Gasteiger partial charge in [-0.05, 0) is 6.92 Å². The molecule has 0 aromatic carbocycles. The number of thiazole rings is 1. The minimum atomic E-state index is 0.405. The molecule has 0 spiro atoms. The molecule has 2 aromatic rings. The summed E-state index contributed by atoms with van der Waals surface area (Å²) in [6.45, 7) is 7.51. The van der Waals surface area contributed by atoms with Crippen LogP contribution in [0.2, 0.25) is 0 Å². The summed E-state index contributed by atoms with van der Waals surface area (Å²) in [7, 11) is 0. The summed E-state index contributed by atoms with van der Waals surface area (Å²) in [5.41, 5.74) is 1.35. The summed E-state index contributed by atoms with van der Waals surface area (Å²) in [4.78, 5) is 7.04. The molecule has 1 aliphatic heterocycles. The lowest BCUT2D eigenvalue weighted by Gasteiger charge is -2.19. The van der Waals surface area contributed by atoms with E-state index in [-0.39, 0.29) is 0 Å². The van der Waals surface area contributed by atoms with E-state index in [1.165, 1.54) is 10.6 Å². The topological polar surface area (TPSA) is 42.2 Å². The molecule has 0 aliphatic carbocycles. The predicted molar refractivity (Wildman–Crippen MR) is 65.1 cm³/mol. The van der Waals surface area contributed by atoms with Gasteiger partial charge >= 0.3 is 0 Å². The Labute approximate surface area is 98.7 Å². The van der Waals surface area contributed by atoms with E-state index in [0.29, 0.717) is 12.0 Å². The number of rotatable bonds is 1. The van der Waals surface area contributed by atoms with E-state index in [9.17, 15) is 0 Å². The van der Waals surface area contributed by atoms with Crippen molar-refractivity contribution in [1.82, 2.24) is 19.9 Å². The summed E-state index contributed by atoms with van der Waals surface area (Å²) in [6.07, 6.45) is 1.06. The van der Waals surface area contributed by atoms with Gasteiger partial charge in [-0.3, -0.25) is 0 Å². The van der Waals surface area contributed by atoms with Gasteiger partial charge in [0.15, 0.2) is 5.82 Å².